The second-order valence-corrected chi connectivity index (χ2v) is 5.95. The van der Waals surface area contributed by atoms with E-state index >= 15 is 0 Å². The van der Waals surface area contributed by atoms with Gasteiger partial charge in [0.1, 0.15) is 0 Å². The summed E-state index contributed by atoms with van der Waals surface area (Å²) < 4.78 is 26.0. The van der Waals surface area contributed by atoms with Crippen molar-refractivity contribution in [2.24, 2.45) is 0 Å². The molecule has 106 valence electrons. The van der Waals surface area contributed by atoms with Crippen LogP contribution < -0.4 is 4.72 Å². The van der Waals surface area contributed by atoms with Gasteiger partial charge in [-0.2, -0.15) is 0 Å². The molecule has 0 radical (unpaired) electrons. The van der Waals surface area contributed by atoms with Crippen LogP contribution in [0.2, 0.25) is 0 Å². The van der Waals surface area contributed by atoms with E-state index in [1.807, 2.05) is 0 Å². The monoisotopic (exact) mass is 287 g/mol. The Hall–Kier alpha value is -1.44. The zero-order valence-corrected chi connectivity index (χ0v) is 11.6. The molecule has 0 unspecified atom stereocenters. The van der Waals surface area contributed by atoms with Crippen LogP contribution in [0.3, 0.4) is 0 Å². The zero-order chi connectivity index (χ0) is 14.6. The minimum absolute atomic E-state index is 0.0255. The normalized spacial score (nSPS) is 13.2. The third-order valence-corrected chi connectivity index (χ3v) is 3.99. The molecule has 6 nitrogen and oxygen atoms in total. The first-order chi connectivity index (χ1) is 8.77. The predicted molar refractivity (Wildman–Crippen MR) is 69.6 cm³/mol. The largest absolute Gasteiger partial charge is 0.478 e. The molecular formula is C12H17NO5S. The Kier molecular flexibility index (Phi) is 5.04. The van der Waals surface area contributed by atoms with Crippen molar-refractivity contribution in [1.29, 1.82) is 0 Å². The SMILES string of the molecule is CCc1ccc(S(=O)(=O)NC[C@@H](C)O)cc1C(=O)O. The third-order valence-electron chi connectivity index (χ3n) is 2.57. The lowest BCUT2D eigenvalue weighted by molar-refractivity contribution is 0.0695. The highest BCUT2D eigenvalue weighted by atomic mass is 32.2. The molecule has 0 aromatic heterocycles. The van der Waals surface area contributed by atoms with Gasteiger partial charge in [-0.05, 0) is 31.0 Å². The highest BCUT2D eigenvalue weighted by Gasteiger charge is 2.18. The van der Waals surface area contributed by atoms with E-state index in [0.29, 0.717) is 12.0 Å². The van der Waals surface area contributed by atoms with E-state index in [-0.39, 0.29) is 17.0 Å². The molecule has 0 bridgehead atoms. The number of aliphatic hydroxyl groups excluding tert-OH is 1. The van der Waals surface area contributed by atoms with E-state index in [1.54, 1.807) is 6.92 Å². The van der Waals surface area contributed by atoms with Crippen molar-refractivity contribution in [3.8, 4) is 0 Å². The van der Waals surface area contributed by atoms with Crippen LogP contribution in [0, 0.1) is 0 Å². The Bertz CT molecular complexity index is 565. The molecule has 0 saturated carbocycles. The summed E-state index contributed by atoms with van der Waals surface area (Å²) >= 11 is 0. The average molecular weight is 287 g/mol. The molecule has 0 aliphatic rings. The number of aliphatic hydroxyl groups is 1. The van der Waals surface area contributed by atoms with Gasteiger partial charge in [-0.15, -0.1) is 0 Å². The fourth-order valence-corrected chi connectivity index (χ4v) is 2.69. The molecule has 3 N–H and O–H groups in total. The van der Waals surface area contributed by atoms with Crippen molar-refractivity contribution in [1.82, 2.24) is 4.72 Å². The van der Waals surface area contributed by atoms with Crippen molar-refractivity contribution in [2.75, 3.05) is 6.54 Å². The number of nitrogens with one attached hydrogen (secondary N) is 1. The fourth-order valence-electron chi connectivity index (χ4n) is 1.54. The van der Waals surface area contributed by atoms with E-state index in [0.717, 1.165) is 6.07 Å². The van der Waals surface area contributed by atoms with Gasteiger partial charge < -0.3 is 10.2 Å². The van der Waals surface area contributed by atoms with Crippen LogP contribution >= 0.6 is 0 Å². The van der Waals surface area contributed by atoms with E-state index in [1.165, 1.54) is 19.1 Å². The van der Waals surface area contributed by atoms with Crippen LogP contribution in [0.25, 0.3) is 0 Å². The van der Waals surface area contributed by atoms with Crippen LogP contribution in [0.5, 0.6) is 0 Å². The van der Waals surface area contributed by atoms with Crippen molar-refractivity contribution in [2.45, 2.75) is 31.3 Å². The smallest absolute Gasteiger partial charge is 0.336 e. The summed E-state index contributed by atoms with van der Waals surface area (Å²) in [7, 11) is -3.81. The number of sulfonamides is 1. The van der Waals surface area contributed by atoms with Crippen LogP contribution in [0.4, 0.5) is 0 Å². The van der Waals surface area contributed by atoms with E-state index < -0.39 is 22.1 Å². The second kappa shape index (κ2) is 6.14. The number of carboxylic acid groups (broad SMARTS) is 1. The van der Waals surface area contributed by atoms with Gasteiger partial charge in [-0.1, -0.05) is 13.0 Å². The summed E-state index contributed by atoms with van der Waals surface area (Å²) in [6.07, 6.45) is -0.313. The summed E-state index contributed by atoms with van der Waals surface area (Å²) in [4.78, 5) is 10.9. The van der Waals surface area contributed by atoms with Crippen molar-refractivity contribution in [3.63, 3.8) is 0 Å². The standard InChI is InChI=1S/C12H17NO5S/c1-3-9-4-5-10(6-11(9)12(15)16)19(17,18)13-7-8(2)14/h4-6,8,13-14H,3,7H2,1-2H3,(H,15,16)/t8-/m1/s1. The molecule has 0 heterocycles. The molecule has 1 aromatic carbocycles. The molecule has 7 heteroatoms. The maximum Gasteiger partial charge on any atom is 0.336 e. The summed E-state index contributed by atoms with van der Waals surface area (Å²) in [6.45, 7) is 3.12. The molecule has 0 aliphatic heterocycles. The Morgan fingerprint density at radius 3 is 2.53 bits per heavy atom. The second-order valence-electron chi connectivity index (χ2n) is 4.18. The molecule has 0 spiro atoms. The Balaban J connectivity index is 3.14. The van der Waals surface area contributed by atoms with Gasteiger partial charge in [-0.25, -0.2) is 17.9 Å². The number of hydrogen-bond acceptors (Lipinski definition) is 4. The first-order valence-electron chi connectivity index (χ1n) is 5.82. The number of rotatable bonds is 6. The first kappa shape index (κ1) is 15.6. The number of aromatic carboxylic acids is 1. The zero-order valence-electron chi connectivity index (χ0n) is 10.8. The van der Waals surface area contributed by atoms with Crippen molar-refractivity contribution < 1.29 is 23.4 Å². The number of aryl methyl sites for hydroxylation is 1. The van der Waals surface area contributed by atoms with Gasteiger partial charge in [0.05, 0.1) is 16.6 Å². The van der Waals surface area contributed by atoms with Gasteiger partial charge in [0.15, 0.2) is 0 Å². The molecule has 1 atom stereocenters. The van der Waals surface area contributed by atoms with Crippen LogP contribution in [-0.2, 0) is 16.4 Å². The maximum absolute atomic E-state index is 11.9. The minimum Gasteiger partial charge on any atom is -0.478 e. The number of benzene rings is 1. The highest BCUT2D eigenvalue weighted by molar-refractivity contribution is 7.89. The van der Waals surface area contributed by atoms with Gasteiger partial charge in [0, 0.05) is 6.54 Å². The summed E-state index contributed by atoms with van der Waals surface area (Å²) in [5, 5.41) is 18.1. The van der Waals surface area contributed by atoms with Crippen molar-refractivity contribution in [3.05, 3.63) is 29.3 Å². The molecule has 1 aromatic rings. The average Bonchev–Trinajstić information content (AvgIpc) is 2.35. The van der Waals surface area contributed by atoms with Crippen LogP contribution in [-0.4, -0.2) is 37.2 Å². The fraction of sp³-hybridized carbons (Fsp3) is 0.417. The lowest BCUT2D eigenvalue weighted by Gasteiger charge is -2.10. The third kappa shape index (κ3) is 4.02. The Labute approximate surface area is 112 Å². The van der Waals surface area contributed by atoms with Gasteiger partial charge >= 0.3 is 5.97 Å². The van der Waals surface area contributed by atoms with Crippen LogP contribution in [0.15, 0.2) is 23.1 Å². The summed E-state index contributed by atoms with van der Waals surface area (Å²) in [5.41, 5.74) is 0.546. The molecule has 0 fully saturated rings. The molecule has 0 saturated heterocycles. The van der Waals surface area contributed by atoms with Gasteiger partial charge in [0.2, 0.25) is 10.0 Å². The van der Waals surface area contributed by atoms with Gasteiger partial charge in [0.25, 0.3) is 0 Å². The molecule has 0 aliphatic carbocycles. The Morgan fingerprint density at radius 1 is 1.42 bits per heavy atom. The molecule has 1 rings (SSSR count). The first-order valence-corrected chi connectivity index (χ1v) is 7.30. The van der Waals surface area contributed by atoms with Crippen molar-refractivity contribution >= 4 is 16.0 Å². The van der Waals surface area contributed by atoms with E-state index in [9.17, 15) is 13.2 Å². The Morgan fingerprint density at radius 2 is 2.05 bits per heavy atom. The lowest BCUT2D eigenvalue weighted by atomic mass is 10.1. The molecule has 0 amide bonds. The number of carbonyl (C=O) groups is 1. The quantitative estimate of drug-likeness (QED) is 0.711. The van der Waals surface area contributed by atoms with Gasteiger partial charge in [-0.3, -0.25) is 0 Å². The molecule has 19 heavy (non-hydrogen) atoms. The van der Waals surface area contributed by atoms with E-state index in [2.05, 4.69) is 4.72 Å². The minimum atomic E-state index is -3.81. The maximum atomic E-state index is 11.9. The number of carboxylic acids is 1. The summed E-state index contributed by atoms with van der Waals surface area (Å²) in [6, 6.07) is 3.97. The van der Waals surface area contributed by atoms with Crippen LogP contribution in [0.1, 0.15) is 29.8 Å². The highest BCUT2D eigenvalue weighted by Crippen LogP contribution is 2.17. The predicted octanol–water partition coefficient (Wildman–Crippen LogP) is 0.606. The number of hydrogen-bond donors (Lipinski definition) is 3. The lowest BCUT2D eigenvalue weighted by Crippen LogP contribution is -2.30. The summed E-state index contributed by atoms with van der Waals surface area (Å²) in [5.74, 6) is -1.16. The molecular weight excluding hydrogens is 270 g/mol. The topological polar surface area (TPSA) is 104 Å². The van der Waals surface area contributed by atoms with E-state index in [4.69, 9.17) is 10.2 Å².